The Kier molecular flexibility index (Phi) is 3.36. The Hall–Kier alpha value is -0.0800. The minimum atomic E-state index is -0.132. The molecule has 0 aromatic carbocycles. The first-order valence-electron chi connectivity index (χ1n) is 6.54. The summed E-state index contributed by atoms with van der Waals surface area (Å²) in [4.78, 5) is 2.52. The Morgan fingerprint density at radius 1 is 1.13 bits per heavy atom. The third-order valence-electron chi connectivity index (χ3n) is 4.49. The molecule has 0 spiro atoms. The van der Waals surface area contributed by atoms with Gasteiger partial charge in [-0.25, -0.2) is 0 Å². The summed E-state index contributed by atoms with van der Waals surface area (Å²) in [6, 6.07) is 0. The highest BCUT2D eigenvalue weighted by atomic mass is 16.3. The molecule has 0 radical (unpaired) electrons. The van der Waals surface area contributed by atoms with E-state index in [-0.39, 0.29) is 11.6 Å². The van der Waals surface area contributed by atoms with Crippen molar-refractivity contribution in [3.05, 3.63) is 0 Å². The Balaban J connectivity index is 1.94. The third kappa shape index (κ3) is 2.36. The zero-order valence-corrected chi connectivity index (χ0v) is 10.2. The largest absolute Gasteiger partial charge is 0.391 e. The van der Waals surface area contributed by atoms with Crippen molar-refractivity contribution in [2.75, 3.05) is 13.1 Å². The van der Waals surface area contributed by atoms with Crippen LogP contribution in [0, 0.1) is 5.92 Å². The SMILES string of the molecule is CC1(C)C(O)CCCN1CC1CCCC1. The number of rotatable bonds is 2. The van der Waals surface area contributed by atoms with E-state index in [1.54, 1.807) is 0 Å². The van der Waals surface area contributed by atoms with Gasteiger partial charge < -0.3 is 5.11 Å². The van der Waals surface area contributed by atoms with Crippen LogP contribution in [0.25, 0.3) is 0 Å². The van der Waals surface area contributed by atoms with Gasteiger partial charge in [0.15, 0.2) is 0 Å². The third-order valence-corrected chi connectivity index (χ3v) is 4.49. The molecule has 0 aromatic heterocycles. The quantitative estimate of drug-likeness (QED) is 0.758. The molecular formula is C13H25NO. The van der Waals surface area contributed by atoms with Crippen molar-refractivity contribution in [1.82, 2.24) is 4.90 Å². The van der Waals surface area contributed by atoms with Crippen LogP contribution in [0.4, 0.5) is 0 Å². The van der Waals surface area contributed by atoms with Gasteiger partial charge in [0.05, 0.1) is 6.10 Å². The van der Waals surface area contributed by atoms with Gasteiger partial charge in [0, 0.05) is 12.1 Å². The molecule has 2 heteroatoms. The fourth-order valence-corrected chi connectivity index (χ4v) is 3.16. The van der Waals surface area contributed by atoms with Crippen LogP contribution in [-0.2, 0) is 0 Å². The number of nitrogens with zero attached hydrogens (tertiary/aromatic N) is 1. The van der Waals surface area contributed by atoms with Crippen molar-refractivity contribution in [3.63, 3.8) is 0 Å². The minimum Gasteiger partial charge on any atom is -0.391 e. The van der Waals surface area contributed by atoms with Gasteiger partial charge in [-0.1, -0.05) is 12.8 Å². The number of piperidine rings is 1. The van der Waals surface area contributed by atoms with Gasteiger partial charge >= 0.3 is 0 Å². The van der Waals surface area contributed by atoms with Gasteiger partial charge in [-0.3, -0.25) is 4.90 Å². The molecule has 0 bridgehead atoms. The molecule has 2 aliphatic rings. The van der Waals surface area contributed by atoms with Crippen molar-refractivity contribution in [2.45, 2.75) is 64.0 Å². The Morgan fingerprint density at radius 2 is 1.80 bits per heavy atom. The summed E-state index contributed by atoms with van der Waals surface area (Å²) in [5.74, 6) is 0.898. The predicted molar refractivity (Wildman–Crippen MR) is 62.9 cm³/mol. The van der Waals surface area contributed by atoms with Gasteiger partial charge in [0.1, 0.15) is 0 Å². The Morgan fingerprint density at radius 3 is 2.47 bits per heavy atom. The van der Waals surface area contributed by atoms with Crippen molar-refractivity contribution >= 4 is 0 Å². The van der Waals surface area contributed by atoms with Crippen molar-refractivity contribution < 1.29 is 5.11 Å². The molecule has 1 N–H and O–H groups in total. The molecule has 88 valence electrons. The maximum Gasteiger partial charge on any atom is 0.0718 e. The van der Waals surface area contributed by atoms with Crippen LogP contribution in [0.2, 0.25) is 0 Å². The molecule has 15 heavy (non-hydrogen) atoms. The van der Waals surface area contributed by atoms with E-state index in [0.717, 1.165) is 18.8 Å². The number of hydrogen-bond acceptors (Lipinski definition) is 2. The molecule has 1 unspecified atom stereocenters. The Bertz CT molecular complexity index is 209. The molecule has 2 rings (SSSR count). The molecule has 1 heterocycles. The average Bonchev–Trinajstić information content (AvgIpc) is 2.66. The van der Waals surface area contributed by atoms with Gasteiger partial charge in [-0.2, -0.15) is 0 Å². The summed E-state index contributed by atoms with van der Waals surface area (Å²) in [5.41, 5.74) is 0.000833. The molecule has 1 aliphatic carbocycles. The molecule has 1 saturated heterocycles. The van der Waals surface area contributed by atoms with Crippen LogP contribution in [0.15, 0.2) is 0 Å². The average molecular weight is 211 g/mol. The second-order valence-corrected chi connectivity index (χ2v) is 5.91. The summed E-state index contributed by atoms with van der Waals surface area (Å²) in [6.07, 6.45) is 7.66. The number of aliphatic hydroxyl groups is 1. The van der Waals surface area contributed by atoms with Crippen LogP contribution < -0.4 is 0 Å². The highest BCUT2D eigenvalue weighted by Gasteiger charge is 2.38. The van der Waals surface area contributed by atoms with Crippen LogP contribution in [0.1, 0.15) is 52.4 Å². The van der Waals surface area contributed by atoms with E-state index in [9.17, 15) is 5.11 Å². The van der Waals surface area contributed by atoms with E-state index in [1.807, 2.05) is 0 Å². The molecule has 0 aromatic rings. The van der Waals surface area contributed by atoms with Gasteiger partial charge in [-0.05, 0) is 52.0 Å². The predicted octanol–water partition coefficient (Wildman–Crippen LogP) is 2.41. The molecule has 2 fully saturated rings. The smallest absolute Gasteiger partial charge is 0.0718 e. The molecule has 1 atom stereocenters. The molecular weight excluding hydrogens is 186 g/mol. The highest BCUT2D eigenvalue weighted by Crippen LogP contribution is 2.32. The van der Waals surface area contributed by atoms with E-state index in [0.29, 0.717) is 0 Å². The first-order valence-corrected chi connectivity index (χ1v) is 6.54. The van der Waals surface area contributed by atoms with Crippen molar-refractivity contribution in [1.29, 1.82) is 0 Å². The summed E-state index contributed by atoms with van der Waals surface area (Å²) in [7, 11) is 0. The summed E-state index contributed by atoms with van der Waals surface area (Å²) >= 11 is 0. The monoisotopic (exact) mass is 211 g/mol. The number of aliphatic hydroxyl groups excluding tert-OH is 1. The second kappa shape index (κ2) is 4.42. The van der Waals surface area contributed by atoms with E-state index in [2.05, 4.69) is 18.7 Å². The van der Waals surface area contributed by atoms with Crippen LogP contribution in [-0.4, -0.2) is 34.7 Å². The van der Waals surface area contributed by atoms with E-state index >= 15 is 0 Å². The zero-order valence-electron chi connectivity index (χ0n) is 10.2. The summed E-state index contributed by atoms with van der Waals surface area (Å²) < 4.78 is 0. The normalized spacial score (nSPS) is 33.4. The number of likely N-dealkylation sites (tertiary alicyclic amines) is 1. The first kappa shape index (κ1) is 11.4. The van der Waals surface area contributed by atoms with Crippen molar-refractivity contribution in [2.24, 2.45) is 5.92 Å². The minimum absolute atomic E-state index is 0.000833. The van der Waals surface area contributed by atoms with E-state index in [4.69, 9.17) is 0 Å². The van der Waals surface area contributed by atoms with E-state index in [1.165, 1.54) is 38.8 Å². The van der Waals surface area contributed by atoms with Gasteiger partial charge in [0.2, 0.25) is 0 Å². The first-order chi connectivity index (χ1) is 7.10. The standard InChI is InChI=1S/C13H25NO/c1-13(2)12(15)8-5-9-14(13)10-11-6-3-4-7-11/h11-12,15H,3-10H2,1-2H3. The van der Waals surface area contributed by atoms with E-state index < -0.39 is 0 Å². The highest BCUT2D eigenvalue weighted by molar-refractivity contribution is 4.93. The fourth-order valence-electron chi connectivity index (χ4n) is 3.16. The summed E-state index contributed by atoms with van der Waals surface area (Å²) in [6.45, 7) is 6.79. The topological polar surface area (TPSA) is 23.5 Å². The zero-order chi connectivity index (χ0) is 10.9. The van der Waals surface area contributed by atoms with Gasteiger partial charge in [0.25, 0.3) is 0 Å². The lowest BCUT2D eigenvalue weighted by atomic mass is 9.86. The molecule has 1 saturated carbocycles. The van der Waals surface area contributed by atoms with Crippen molar-refractivity contribution in [3.8, 4) is 0 Å². The number of hydrogen-bond donors (Lipinski definition) is 1. The molecule has 0 amide bonds. The van der Waals surface area contributed by atoms with Crippen LogP contribution in [0.3, 0.4) is 0 Å². The summed E-state index contributed by atoms with van der Waals surface area (Å²) in [5, 5.41) is 10.0. The lowest BCUT2D eigenvalue weighted by Gasteiger charge is -2.46. The lowest BCUT2D eigenvalue weighted by molar-refractivity contribution is -0.0498. The van der Waals surface area contributed by atoms with Crippen LogP contribution in [0.5, 0.6) is 0 Å². The molecule has 2 nitrogen and oxygen atoms in total. The maximum atomic E-state index is 10.0. The second-order valence-electron chi connectivity index (χ2n) is 5.91. The van der Waals surface area contributed by atoms with Crippen LogP contribution >= 0.6 is 0 Å². The Labute approximate surface area is 93.7 Å². The maximum absolute atomic E-state index is 10.0. The lowest BCUT2D eigenvalue weighted by Crippen LogP contribution is -2.57. The van der Waals surface area contributed by atoms with Gasteiger partial charge in [-0.15, -0.1) is 0 Å². The fraction of sp³-hybridized carbons (Fsp3) is 1.00. The molecule has 1 aliphatic heterocycles.